The number of hydrogen-bond acceptors (Lipinski definition) is 7. The lowest BCUT2D eigenvalue weighted by Crippen LogP contribution is -2.36. The number of fused-ring (bicyclic) bond motifs is 3. The molecular weight excluding hydrogens is 508 g/mol. The van der Waals surface area contributed by atoms with Gasteiger partial charge in [-0.3, -0.25) is 9.69 Å². The number of hydrogen-bond donors (Lipinski definition) is 0. The van der Waals surface area contributed by atoms with Crippen LogP contribution in [0.5, 0.6) is 11.6 Å². The average Bonchev–Trinajstić information content (AvgIpc) is 3.06. The lowest BCUT2D eigenvalue weighted by molar-refractivity contribution is -0.118. The third kappa shape index (κ3) is 5.40. The molecule has 9 heteroatoms. The Kier molecular flexibility index (Phi) is 7.58. The zero-order valence-electron chi connectivity index (χ0n) is 20.4. The van der Waals surface area contributed by atoms with E-state index in [0.29, 0.717) is 50.9 Å². The summed E-state index contributed by atoms with van der Waals surface area (Å²) in [7, 11) is 0. The Morgan fingerprint density at radius 2 is 1.86 bits per heavy atom. The van der Waals surface area contributed by atoms with Crippen molar-refractivity contribution in [3.63, 3.8) is 0 Å². The third-order valence-corrected chi connectivity index (χ3v) is 7.04. The molecule has 3 aromatic carbocycles. The van der Waals surface area contributed by atoms with Crippen molar-refractivity contribution in [3.8, 4) is 22.9 Å². The van der Waals surface area contributed by atoms with Gasteiger partial charge in [-0.2, -0.15) is 4.98 Å². The van der Waals surface area contributed by atoms with Gasteiger partial charge in [-0.25, -0.2) is 0 Å². The van der Waals surface area contributed by atoms with Gasteiger partial charge < -0.3 is 9.47 Å². The number of carbonyl (C=O) groups excluding carboxylic acids is 1. The number of carbonyl (C=O) groups is 1. The highest BCUT2D eigenvalue weighted by atomic mass is 35.5. The Balaban J connectivity index is 1.63. The molecule has 2 heterocycles. The molecule has 188 valence electrons. The summed E-state index contributed by atoms with van der Waals surface area (Å²) in [5.41, 5.74) is 3.43. The summed E-state index contributed by atoms with van der Waals surface area (Å²) in [5, 5.41) is 9.77. The molecule has 7 nitrogen and oxygen atoms in total. The second kappa shape index (κ2) is 11.2. The highest BCUT2D eigenvalue weighted by Gasteiger charge is 2.36. The summed E-state index contributed by atoms with van der Waals surface area (Å²) in [5.74, 6) is 1.48. The van der Waals surface area contributed by atoms with Crippen LogP contribution in [0.4, 0.5) is 5.69 Å². The third-order valence-electron chi connectivity index (χ3n) is 5.76. The van der Waals surface area contributed by atoms with E-state index in [2.05, 4.69) is 22.1 Å². The molecule has 1 aliphatic heterocycles. The first kappa shape index (κ1) is 25.0. The van der Waals surface area contributed by atoms with Crippen LogP contribution < -0.4 is 14.4 Å². The van der Waals surface area contributed by atoms with Crippen molar-refractivity contribution in [1.82, 2.24) is 15.2 Å². The van der Waals surface area contributed by atoms with Gasteiger partial charge in [0.1, 0.15) is 12.4 Å². The minimum absolute atomic E-state index is 0.215. The van der Waals surface area contributed by atoms with Crippen molar-refractivity contribution in [2.75, 3.05) is 10.7 Å². The molecule has 0 fully saturated rings. The highest BCUT2D eigenvalue weighted by Crippen LogP contribution is 2.45. The molecule has 0 saturated heterocycles. The van der Waals surface area contributed by atoms with Crippen LogP contribution in [-0.2, 0) is 11.4 Å². The van der Waals surface area contributed by atoms with E-state index in [1.54, 1.807) is 23.1 Å². The number of nitrogens with zero attached hydrogens (tertiary/aromatic N) is 4. The van der Waals surface area contributed by atoms with Gasteiger partial charge >= 0.3 is 0 Å². The maximum absolute atomic E-state index is 13.1. The standard InChI is InChI=1S/C28H25ClN4O3S/c1-3-15-37-28-30-26-25(31-32-28)21-11-7-8-12-23(21)33(18(2)34)27(36-26)22-16-20(29)13-14-24(22)35-17-19-9-5-4-6-10-19/h4-14,16,27H,3,15,17H2,1-2H3/t27-/m1/s1. The molecule has 0 unspecified atom stereocenters. The Morgan fingerprint density at radius 1 is 1.08 bits per heavy atom. The summed E-state index contributed by atoms with van der Waals surface area (Å²) in [6.07, 6.45) is 0.0743. The number of ether oxygens (including phenoxy) is 2. The number of benzene rings is 3. The lowest BCUT2D eigenvalue weighted by Gasteiger charge is -2.31. The molecular formula is C28H25ClN4O3S. The van der Waals surface area contributed by atoms with Crippen molar-refractivity contribution in [2.45, 2.75) is 38.3 Å². The molecule has 1 atom stereocenters. The molecule has 0 spiro atoms. The molecule has 0 aliphatic carbocycles. The molecule has 0 bridgehead atoms. The first-order valence-electron chi connectivity index (χ1n) is 11.9. The lowest BCUT2D eigenvalue weighted by atomic mass is 10.1. The molecule has 37 heavy (non-hydrogen) atoms. The molecule has 1 aliphatic rings. The van der Waals surface area contributed by atoms with Crippen LogP contribution in [-0.4, -0.2) is 26.8 Å². The van der Waals surface area contributed by atoms with Crippen LogP contribution in [0.2, 0.25) is 5.02 Å². The van der Waals surface area contributed by atoms with E-state index in [-0.39, 0.29) is 5.91 Å². The molecule has 1 aromatic heterocycles. The zero-order valence-corrected chi connectivity index (χ0v) is 22.0. The second-order valence-electron chi connectivity index (χ2n) is 8.43. The fraction of sp³-hybridized carbons (Fsp3) is 0.214. The fourth-order valence-corrected chi connectivity index (χ4v) is 4.90. The Labute approximate surface area is 224 Å². The molecule has 5 rings (SSSR count). The quantitative estimate of drug-likeness (QED) is 0.244. The largest absolute Gasteiger partial charge is 0.488 e. The van der Waals surface area contributed by atoms with Crippen molar-refractivity contribution in [2.24, 2.45) is 0 Å². The normalized spacial score (nSPS) is 14.2. The van der Waals surface area contributed by atoms with Gasteiger partial charge in [0.25, 0.3) is 0 Å². The van der Waals surface area contributed by atoms with Gasteiger partial charge in [0.2, 0.25) is 23.2 Å². The zero-order chi connectivity index (χ0) is 25.8. The Morgan fingerprint density at radius 3 is 2.65 bits per heavy atom. The van der Waals surface area contributed by atoms with E-state index >= 15 is 0 Å². The van der Waals surface area contributed by atoms with Gasteiger partial charge in [-0.05, 0) is 36.2 Å². The number of para-hydroxylation sites is 1. The molecule has 1 amide bonds. The topological polar surface area (TPSA) is 77.4 Å². The SMILES string of the molecule is CCCSc1nnc2c(n1)O[C@H](c1cc(Cl)ccc1OCc1ccccc1)N(C(C)=O)c1ccccc1-2. The van der Waals surface area contributed by atoms with Crippen molar-refractivity contribution >= 4 is 35.0 Å². The first-order chi connectivity index (χ1) is 18.0. The minimum Gasteiger partial charge on any atom is -0.488 e. The molecule has 4 aromatic rings. The van der Waals surface area contributed by atoms with Gasteiger partial charge in [0.05, 0.1) is 11.3 Å². The van der Waals surface area contributed by atoms with Gasteiger partial charge in [-0.15, -0.1) is 10.2 Å². The predicted molar refractivity (Wildman–Crippen MR) is 145 cm³/mol. The van der Waals surface area contributed by atoms with Crippen LogP contribution in [0.3, 0.4) is 0 Å². The van der Waals surface area contributed by atoms with E-state index in [1.807, 2.05) is 54.6 Å². The molecule has 0 N–H and O–H groups in total. The summed E-state index contributed by atoms with van der Waals surface area (Å²) in [4.78, 5) is 19.4. The maximum Gasteiger partial charge on any atom is 0.247 e. The van der Waals surface area contributed by atoms with Crippen LogP contribution >= 0.6 is 23.4 Å². The minimum atomic E-state index is -0.898. The van der Waals surface area contributed by atoms with Crippen LogP contribution in [0.15, 0.2) is 78.0 Å². The van der Waals surface area contributed by atoms with E-state index in [9.17, 15) is 4.79 Å². The van der Waals surface area contributed by atoms with Gasteiger partial charge in [0.15, 0.2) is 5.69 Å². The van der Waals surface area contributed by atoms with Gasteiger partial charge in [0, 0.05) is 23.3 Å². The van der Waals surface area contributed by atoms with Crippen molar-refractivity contribution in [3.05, 3.63) is 88.9 Å². The molecule has 0 radical (unpaired) electrons. The van der Waals surface area contributed by atoms with E-state index in [4.69, 9.17) is 21.1 Å². The number of rotatable bonds is 7. The van der Waals surface area contributed by atoms with Gasteiger partial charge in [-0.1, -0.05) is 78.8 Å². The van der Waals surface area contributed by atoms with Crippen molar-refractivity contribution < 1.29 is 14.3 Å². The van der Waals surface area contributed by atoms with E-state index in [1.165, 1.54) is 18.7 Å². The van der Waals surface area contributed by atoms with E-state index < -0.39 is 6.23 Å². The summed E-state index contributed by atoms with van der Waals surface area (Å²) >= 11 is 7.95. The average molecular weight is 533 g/mol. The summed E-state index contributed by atoms with van der Waals surface area (Å²) in [6.45, 7) is 3.93. The number of aromatic nitrogens is 3. The summed E-state index contributed by atoms with van der Waals surface area (Å²) < 4.78 is 12.7. The second-order valence-corrected chi connectivity index (χ2v) is 9.93. The van der Waals surface area contributed by atoms with Crippen molar-refractivity contribution in [1.29, 1.82) is 0 Å². The number of amides is 1. The van der Waals surface area contributed by atoms with Crippen LogP contribution in [0.25, 0.3) is 11.3 Å². The number of anilines is 1. The first-order valence-corrected chi connectivity index (χ1v) is 13.3. The summed E-state index contributed by atoms with van der Waals surface area (Å²) in [6, 6.07) is 22.7. The van der Waals surface area contributed by atoms with E-state index in [0.717, 1.165) is 17.7 Å². The molecule has 0 saturated carbocycles. The predicted octanol–water partition coefficient (Wildman–Crippen LogP) is 6.72. The highest BCUT2D eigenvalue weighted by molar-refractivity contribution is 7.99. The van der Waals surface area contributed by atoms with Crippen LogP contribution in [0, 0.1) is 0 Å². The number of halogens is 1. The monoisotopic (exact) mass is 532 g/mol. The maximum atomic E-state index is 13.1. The number of thioether (sulfide) groups is 1. The Hall–Kier alpha value is -3.62. The van der Waals surface area contributed by atoms with Crippen LogP contribution in [0.1, 0.15) is 37.6 Å². The fourth-order valence-electron chi connectivity index (χ4n) is 4.09. The Bertz CT molecular complexity index is 1420. The smallest absolute Gasteiger partial charge is 0.247 e.